The SMILES string of the molecule is CCCC[C@H]1C(=O)N(C)[C@@H](CCCC)C(=O)N[C@@H](CCCNC(=N)N)C(=O)N[C@H](C(=O)NCC(N)=O)CSCC(=O)N[C@@H](Cc2ccc(C(F)(F)F)cc2)C(=O)N(C)[C@@H](C)C(=O)N[C@@H](CC(N)=O)C(=O)N2CCC[C@H]2C(=O)N[C@@H](CN)C(=O)N[C@@H](CC(C)C)C(=O)N2C[C@H](O)C[C@H]2C(=O)N[C@@H](Cc2c[nH]c3ccccc23)C(=O)N[C@@H](CO)C(=O)N[C@@H](Cc2c[nH]c3ccccc23)C(=O)N1C. The molecule has 3 fully saturated rings. The predicted octanol–water partition coefficient (Wildman–Crippen LogP) is -2.62. The lowest BCUT2D eigenvalue weighted by atomic mass is 10.00. The second-order valence-electron chi connectivity index (χ2n) is 34.5. The number of likely N-dealkylation sites (N-methyl/N-ethyl adjacent to an activating group) is 3. The zero-order valence-electron chi connectivity index (χ0n) is 76.7. The first-order chi connectivity index (χ1) is 64.0. The number of hydrogen-bond donors (Lipinski definition) is 20. The molecule has 0 spiro atoms. The maximum Gasteiger partial charge on any atom is 0.416 e. The van der Waals surface area contributed by atoms with Gasteiger partial charge >= 0.3 is 6.18 Å². The van der Waals surface area contributed by atoms with Crippen LogP contribution in [-0.4, -0.2) is 314 Å². The van der Waals surface area contributed by atoms with E-state index in [9.17, 15) is 71.3 Å². The van der Waals surface area contributed by atoms with Crippen LogP contribution in [0.4, 0.5) is 13.2 Å². The van der Waals surface area contributed by atoms with Gasteiger partial charge in [0.15, 0.2) is 5.96 Å². The zero-order chi connectivity index (χ0) is 99.4. The summed E-state index contributed by atoms with van der Waals surface area (Å²) in [7, 11) is 3.74. The number of amides is 17. The number of benzene rings is 3. The van der Waals surface area contributed by atoms with Crippen LogP contribution in [0.15, 0.2) is 85.2 Å². The Morgan fingerprint density at radius 1 is 0.556 bits per heavy atom. The molecule has 3 aromatic carbocycles. The Balaban J connectivity index is 1.20. The second-order valence-corrected chi connectivity index (χ2v) is 35.5. The number of primary amides is 2. The summed E-state index contributed by atoms with van der Waals surface area (Å²) in [6.45, 7) is 5.01. The zero-order valence-corrected chi connectivity index (χ0v) is 77.5. The number of fused-ring (bicyclic) bond motifs is 4. The van der Waals surface area contributed by atoms with Gasteiger partial charge in [-0.05, 0) is 98.7 Å². The molecule has 3 aliphatic rings. The van der Waals surface area contributed by atoms with Crippen LogP contribution in [0.25, 0.3) is 21.8 Å². The van der Waals surface area contributed by atoms with Gasteiger partial charge in [-0.15, -0.1) is 11.8 Å². The number of aliphatic hydroxyl groups is 2. The normalized spacial score (nSPS) is 24.9. The van der Waals surface area contributed by atoms with Crippen molar-refractivity contribution in [3.63, 3.8) is 0 Å². The summed E-state index contributed by atoms with van der Waals surface area (Å²) in [5.74, 6) is -19.2. The third-order valence-electron chi connectivity index (χ3n) is 23.9. The van der Waals surface area contributed by atoms with Crippen LogP contribution in [0.3, 0.4) is 0 Å². The van der Waals surface area contributed by atoms with E-state index < -0.39 is 266 Å². The molecule has 8 rings (SSSR count). The van der Waals surface area contributed by atoms with Gasteiger partial charge in [-0.2, -0.15) is 13.2 Å². The molecule has 738 valence electrons. The lowest BCUT2D eigenvalue weighted by Gasteiger charge is -2.36. The highest BCUT2D eigenvalue weighted by molar-refractivity contribution is 8.00. The third-order valence-corrected chi connectivity index (χ3v) is 25.0. The fourth-order valence-corrected chi connectivity index (χ4v) is 17.2. The molecular formula is C89H126F3N23O19S. The van der Waals surface area contributed by atoms with Gasteiger partial charge < -0.3 is 126 Å². The molecule has 0 saturated carbocycles. The van der Waals surface area contributed by atoms with Gasteiger partial charge in [0, 0.05) is 113 Å². The number of carbonyl (C=O) groups is 17. The first-order valence-corrected chi connectivity index (χ1v) is 46.0. The number of unbranched alkanes of at least 4 members (excludes halogenated alkanes) is 2. The molecule has 42 nitrogen and oxygen atoms in total. The van der Waals surface area contributed by atoms with Crippen LogP contribution in [0.1, 0.15) is 140 Å². The highest BCUT2D eigenvalue weighted by Crippen LogP contribution is 2.31. The van der Waals surface area contributed by atoms with Crippen LogP contribution in [0.2, 0.25) is 0 Å². The number of aromatic amines is 2. The predicted molar refractivity (Wildman–Crippen MR) is 490 cm³/mol. The summed E-state index contributed by atoms with van der Waals surface area (Å²) < 4.78 is 41.7. The van der Waals surface area contributed by atoms with E-state index in [1.807, 2.05) is 6.92 Å². The molecule has 5 aromatic rings. The van der Waals surface area contributed by atoms with E-state index in [1.54, 1.807) is 81.7 Å². The largest absolute Gasteiger partial charge is 0.416 e. The number of nitrogens with two attached hydrogens (primary N) is 4. The molecule has 15 atom stereocenters. The summed E-state index contributed by atoms with van der Waals surface area (Å²) in [4.78, 5) is 260. The van der Waals surface area contributed by atoms with Crippen LogP contribution < -0.4 is 81.4 Å². The summed E-state index contributed by atoms with van der Waals surface area (Å²) in [5.41, 5.74) is 24.0. The standard InChI is InChI=1S/C89H126F3N23O19S/c1-9-11-24-67-80(127)103-58(23-17-31-98-88(96)97)76(123)110-66(75(122)101-42-72(95)119)45-135-46-73(120)102-61(34-49-27-29-52(30-28-49)89(90,91)92)83(130)111(6)48(5)74(121)105-63(38-71(94)118)85(132)114-32-18-26-68(114)81(128)108-64(39-93)78(125)106-60(33-47(3)4)86(133)115-43-53(117)37-70(115)82(129)104-59(35-50-40-99-56-21-15-13-19-54(50)56)77(124)109-65(44-116)79(126)107-62(36-51-41-100-57-22-16-14-20-55(51)57)84(131)113(8)69(25-12-10-2)87(134)112(67)7/h13-16,19-22,27-30,40-41,47-48,53,58-70,99-100,116-117H,9-12,17-18,23-26,31-39,42-46,93H2,1-8H3,(H2,94,118)(H2,95,119)(H,101,122)(H,102,120)(H,103,127)(H,104,129)(H,105,121)(H,106,125)(H,107,126)(H,108,128)(H,109,124)(H,110,123)(H4,96,97,98)/t48-,53+,58-,59-,60-,61-,62-,63-,64-,65-,66-,67-,68-,69-,70-/m0/s1. The molecule has 0 aliphatic carbocycles. The van der Waals surface area contributed by atoms with Crippen molar-refractivity contribution in [2.45, 2.75) is 234 Å². The number of aliphatic hydroxyl groups excluding tert-OH is 2. The first kappa shape index (κ1) is 107. The Morgan fingerprint density at radius 2 is 1.07 bits per heavy atom. The van der Waals surface area contributed by atoms with Crippen molar-refractivity contribution in [1.82, 2.24) is 93.0 Å². The Kier molecular flexibility index (Phi) is 40.1. The number of guanidine groups is 1. The number of para-hydroxylation sites is 2. The van der Waals surface area contributed by atoms with E-state index in [4.69, 9.17) is 28.3 Å². The van der Waals surface area contributed by atoms with Crippen molar-refractivity contribution in [1.29, 1.82) is 5.41 Å². The molecule has 24 N–H and O–H groups in total. The van der Waals surface area contributed by atoms with Gasteiger partial charge in [-0.1, -0.05) is 102 Å². The number of halogens is 3. The van der Waals surface area contributed by atoms with Crippen molar-refractivity contribution in [3.8, 4) is 0 Å². The van der Waals surface area contributed by atoms with E-state index in [1.165, 1.54) is 21.0 Å². The topological polar surface area (TPSA) is 639 Å². The Hall–Kier alpha value is -13.0. The van der Waals surface area contributed by atoms with E-state index in [2.05, 4.69) is 68.5 Å². The van der Waals surface area contributed by atoms with Crippen LogP contribution in [-0.2, 0) is 107 Å². The van der Waals surface area contributed by atoms with Crippen molar-refractivity contribution >= 4 is 140 Å². The fraction of sp³-hybridized carbons (Fsp3) is 0.551. The maximum absolute atomic E-state index is 15.7. The van der Waals surface area contributed by atoms with Crippen LogP contribution in [0, 0.1) is 11.3 Å². The minimum atomic E-state index is -4.81. The summed E-state index contributed by atoms with van der Waals surface area (Å²) in [6, 6.07) is -5.23. The fourth-order valence-electron chi connectivity index (χ4n) is 16.4. The molecule has 46 heteroatoms. The molecular weight excluding hydrogens is 1780 g/mol. The van der Waals surface area contributed by atoms with Gasteiger partial charge in [0.2, 0.25) is 100 Å². The van der Waals surface area contributed by atoms with Gasteiger partial charge in [-0.25, -0.2) is 0 Å². The number of thioether (sulfide) groups is 1. The molecule has 17 amide bonds. The number of aromatic nitrogens is 2. The van der Waals surface area contributed by atoms with Gasteiger partial charge in [0.25, 0.3) is 0 Å². The highest BCUT2D eigenvalue weighted by Gasteiger charge is 2.47. The average molecular weight is 1910 g/mol. The summed E-state index contributed by atoms with van der Waals surface area (Å²) >= 11 is 0.669. The smallest absolute Gasteiger partial charge is 0.394 e. The Labute approximate surface area is 782 Å². The van der Waals surface area contributed by atoms with E-state index in [0.717, 1.165) is 55.8 Å². The average Bonchev–Trinajstić information content (AvgIpc) is 1.71. The number of carbonyl (C=O) groups excluding carboxylic acids is 17. The van der Waals surface area contributed by atoms with Crippen molar-refractivity contribution in [2.24, 2.45) is 28.9 Å². The van der Waals surface area contributed by atoms with Gasteiger partial charge in [0.05, 0.1) is 37.0 Å². The van der Waals surface area contributed by atoms with Gasteiger partial charge in [0.1, 0.15) is 84.6 Å². The molecule has 0 unspecified atom stereocenters. The van der Waals surface area contributed by atoms with Crippen LogP contribution >= 0.6 is 11.8 Å². The van der Waals surface area contributed by atoms with Gasteiger partial charge in [-0.3, -0.25) is 86.9 Å². The quantitative estimate of drug-likeness (QED) is 0.0162. The number of H-pyrrole nitrogens is 2. The summed E-state index contributed by atoms with van der Waals surface area (Å²) in [5, 5.41) is 59.9. The number of nitrogens with one attached hydrogen (secondary N) is 14. The monoisotopic (exact) mass is 1910 g/mol. The van der Waals surface area contributed by atoms with Crippen molar-refractivity contribution < 1.29 is 105 Å². The molecule has 0 bridgehead atoms. The van der Waals surface area contributed by atoms with Crippen LogP contribution in [0.5, 0.6) is 0 Å². The van der Waals surface area contributed by atoms with E-state index in [-0.39, 0.29) is 82.4 Å². The van der Waals surface area contributed by atoms with Crippen molar-refractivity contribution in [2.75, 3.05) is 72.0 Å². The number of hydrogen-bond acceptors (Lipinski definition) is 22. The molecule has 5 heterocycles. The first-order valence-electron chi connectivity index (χ1n) is 44.9. The summed E-state index contributed by atoms with van der Waals surface area (Å²) in [6.07, 6.45) is -4.32. The van der Waals surface area contributed by atoms with Crippen molar-refractivity contribution in [3.05, 3.63) is 107 Å². The maximum atomic E-state index is 15.7. The molecule has 135 heavy (non-hydrogen) atoms. The molecule has 2 aromatic heterocycles. The number of alkyl halides is 3. The minimum Gasteiger partial charge on any atom is -0.394 e. The Bertz CT molecular complexity index is 5080. The molecule has 0 radical (unpaired) electrons. The number of nitrogens with zero attached hydrogens (tertiary/aromatic N) is 5. The minimum absolute atomic E-state index is 0.00559. The Morgan fingerprint density at radius 3 is 1.66 bits per heavy atom. The number of rotatable bonds is 25. The molecule has 3 aliphatic heterocycles. The lowest BCUT2D eigenvalue weighted by Crippen LogP contribution is -2.62. The van der Waals surface area contributed by atoms with E-state index >= 15 is 33.6 Å². The second kappa shape index (κ2) is 50.4. The third kappa shape index (κ3) is 30.0. The highest BCUT2D eigenvalue weighted by atomic mass is 32.2. The van der Waals surface area contributed by atoms with E-state index in [0.29, 0.717) is 70.4 Å². The molecule has 3 saturated heterocycles. The lowest BCUT2D eigenvalue weighted by molar-refractivity contribution is -0.149.